The maximum absolute atomic E-state index is 13.1. The van der Waals surface area contributed by atoms with Crippen LogP contribution in [0.25, 0.3) is 11.0 Å². The summed E-state index contributed by atoms with van der Waals surface area (Å²) in [5, 5.41) is 7.17. The van der Waals surface area contributed by atoms with E-state index < -0.39 is 5.97 Å². The fourth-order valence-electron chi connectivity index (χ4n) is 4.78. The van der Waals surface area contributed by atoms with E-state index in [0.29, 0.717) is 36.3 Å². The van der Waals surface area contributed by atoms with Crippen molar-refractivity contribution >= 4 is 34.3 Å². The van der Waals surface area contributed by atoms with Gasteiger partial charge in [0, 0.05) is 31.5 Å². The van der Waals surface area contributed by atoms with Gasteiger partial charge in [0.05, 0.1) is 38.4 Å². The van der Waals surface area contributed by atoms with Crippen LogP contribution in [-0.2, 0) is 33.7 Å². The van der Waals surface area contributed by atoms with Gasteiger partial charge < -0.3 is 29.4 Å². The van der Waals surface area contributed by atoms with E-state index in [1.165, 1.54) is 12.7 Å². The van der Waals surface area contributed by atoms with Crippen LogP contribution in [0.4, 0.5) is 11.4 Å². The van der Waals surface area contributed by atoms with Gasteiger partial charge in [-0.15, -0.1) is 0 Å². The van der Waals surface area contributed by atoms with Crippen LogP contribution in [0.2, 0.25) is 0 Å². The molecule has 41 heavy (non-hydrogen) atoms. The van der Waals surface area contributed by atoms with E-state index in [1.54, 1.807) is 25.0 Å². The molecular weight excluding hydrogens is 520 g/mol. The average Bonchev–Trinajstić information content (AvgIpc) is 3.30. The third-order valence-corrected chi connectivity index (χ3v) is 6.98. The first-order valence-electron chi connectivity index (χ1n) is 13.8. The highest BCUT2D eigenvalue weighted by Crippen LogP contribution is 2.33. The predicted octanol–water partition coefficient (Wildman–Crippen LogP) is 5.48. The normalized spacial score (nSPS) is 11.7. The summed E-state index contributed by atoms with van der Waals surface area (Å²) in [6, 6.07) is 20.0. The summed E-state index contributed by atoms with van der Waals surface area (Å²) in [5.74, 6) is 0.0851. The van der Waals surface area contributed by atoms with Gasteiger partial charge in [0.25, 0.3) is 0 Å². The summed E-state index contributed by atoms with van der Waals surface area (Å²) < 4.78 is 17.4. The molecule has 0 spiro atoms. The van der Waals surface area contributed by atoms with Crippen LogP contribution in [0.3, 0.4) is 0 Å². The zero-order valence-electron chi connectivity index (χ0n) is 24.1. The van der Waals surface area contributed by atoms with E-state index in [9.17, 15) is 9.59 Å². The summed E-state index contributed by atoms with van der Waals surface area (Å²) in [6.45, 7) is 2.85. The number of pyridine rings is 1. The van der Waals surface area contributed by atoms with Gasteiger partial charge in [-0.25, -0.2) is 9.78 Å². The standard InChI is InChI=1S/C32H38N4O5/c1-22(10-11-24-12-15-26(40-3)16-13-24)34-25-20-27-29(35-28(37)17-14-23-8-6-5-7-9-23)30(32(38)41-4)36(18-19-39-2)31(27)33-21-25/h5-9,12-13,15-16,20-22,34H,10-11,14,17-19H2,1-4H3,(H,35,37)/t22-/m1/s1. The van der Waals surface area contributed by atoms with Gasteiger partial charge in [-0.2, -0.15) is 0 Å². The lowest BCUT2D eigenvalue weighted by Gasteiger charge is -2.15. The van der Waals surface area contributed by atoms with Gasteiger partial charge in [0.1, 0.15) is 11.4 Å². The van der Waals surface area contributed by atoms with E-state index in [1.807, 2.05) is 48.5 Å². The second kappa shape index (κ2) is 14.3. The molecule has 1 amide bonds. The van der Waals surface area contributed by atoms with Gasteiger partial charge in [-0.3, -0.25) is 4.79 Å². The molecule has 4 aromatic rings. The molecule has 2 aromatic carbocycles. The lowest BCUT2D eigenvalue weighted by Crippen LogP contribution is -2.18. The quantitative estimate of drug-likeness (QED) is 0.198. The van der Waals surface area contributed by atoms with Gasteiger partial charge >= 0.3 is 5.97 Å². The van der Waals surface area contributed by atoms with Crippen molar-refractivity contribution in [3.8, 4) is 5.75 Å². The number of ether oxygens (including phenoxy) is 3. The Morgan fingerprint density at radius 1 is 0.976 bits per heavy atom. The number of anilines is 2. The lowest BCUT2D eigenvalue weighted by atomic mass is 10.1. The number of hydrogen-bond donors (Lipinski definition) is 2. The molecule has 216 valence electrons. The number of rotatable bonds is 14. The molecule has 4 rings (SSSR count). The minimum atomic E-state index is -0.556. The SMILES string of the molecule is COCCn1c(C(=O)OC)c(NC(=O)CCc2ccccc2)c2cc(N[C@H](C)CCc3ccc(OC)cc3)cnc21. The number of nitrogens with one attached hydrogen (secondary N) is 2. The number of carbonyl (C=O) groups excluding carboxylic acids is 2. The summed E-state index contributed by atoms with van der Waals surface area (Å²) in [7, 11) is 4.58. The highest BCUT2D eigenvalue weighted by atomic mass is 16.5. The second-order valence-corrected chi connectivity index (χ2v) is 9.92. The molecule has 9 nitrogen and oxygen atoms in total. The predicted molar refractivity (Wildman–Crippen MR) is 161 cm³/mol. The van der Waals surface area contributed by atoms with Crippen LogP contribution >= 0.6 is 0 Å². The van der Waals surface area contributed by atoms with Crippen LogP contribution < -0.4 is 15.4 Å². The van der Waals surface area contributed by atoms with E-state index in [4.69, 9.17) is 19.2 Å². The molecule has 0 aliphatic carbocycles. The minimum absolute atomic E-state index is 0.149. The van der Waals surface area contributed by atoms with Crippen LogP contribution in [0.1, 0.15) is 41.4 Å². The van der Waals surface area contributed by atoms with E-state index >= 15 is 0 Å². The third-order valence-electron chi connectivity index (χ3n) is 6.98. The highest BCUT2D eigenvalue weighted by Gasteiger charge is 2.26. The van der Waals surface area contributed by atoms with Crippen molar-refractivity contribution in [2.75, 3.05) is 38.6 Å². The maximum atomic E-state index is 13.1. The van der Waals surface area contributed by atoms with E-state index in [-0.39, 0.29) is 24.1 Å². The summed E-state index contributed by atoms with van der Waals surface area (Å²) >= 11 is 0. The van der Waals surface area contributed by atoms with Crippen molar-refractivity contribution in [1.29, 1.82) is 0 Å². The van der Waals surface area contributed by atoms with Crippen LogP contribution in [-0.4, -0.2) is 55.4 Å². The Labute approximate surface area is 240 Å². The zero-order chi connectivity index (χ0) is 29.2. The number of benzene rings is 2. The zero-order valence-corrected chi connectivity index (χ0v) is 24.1. The number of amides is 1. The first-order chi connectivity index (χ1) is 19.9. The Morgan fingerprint density at radius 3 is 2.39 bits per heavy atom. The van der Waals surface area contributed by atoms with Crippen LogP contribution in [0.5, 0.6) is 5.75 Å². The van der Waals surface area contributed by atoms with Gasteiger partial charge in [-0.05, 0) is 55.5 Å². The molecular formula is C32H38N4O5. The Kier molecular flexibility index (Phi) is 10.3. The highest BCUT2D eigenvalue weighted by molar-refractivity contribution is 6.11. The lowest BCUT2D eigenvalue weighted by molar-refractivity contribution is -0.116. The molecule has 0 aliphatic heterocycles. The van der Waals surface area contributed by atoms with E-state index in [2.05, 4.69) is 29.7 Å². The average molecular weight is 559 g/mol. The number of aryl methyl sites for hydroxylation is 2. The Morgan fingerprint density at radius 2 is 1.71 bits per heavy atom. The number of esters is 1. The van der Waals surface area contributed by atoms with Crippen molar-refractivity contribution in [2.45, 2.75) is 45.2 Å². The van der Waals surface area contributed by atoms with Crippen molar-refractivity contribution in [1.82, 2.24) is 9.55 Å². The fourth-order valence-corrected chi connectivity index (χ4v) is 4.78. The molecule has 0 unspecified atom stereocenters. The third kappa shape index (κ3) is 7.64. The first kappa shape index (κ1) is 29.6. The number of fused-ring (bicyclic) bond motifs is 1. The van der Waals surface area contributed by atoms with Crippen LogP contribution in [0, 0.1) is 0 Å². The molecule has 2 heterocycles. The molecule has 0 saturated carbocycles. The van der Waals surface area contributed by atoms with Crippen molar-refractivity contribution < 1.29 is 23.8 Å². The summed E-state index contributed by atoms with van der Waals surface area (Å²) in [6.07, 6.45) is 4.40. The van der Waals surface area contributed by atoms with Gasteiger partial charge in [-0.1, -0.05) is 42.5 Å². The molecule has 9 heteroatoms. The topological polar surface area (TPSA) is 104 Å². The molecule has 2 aromatic heterocycles. The number of aromatic nitrogens is 2. The fraction of sp³-hybridized carbons (Fsp3) is 0.344. The number of nitrogens with zero attached hydrogens (tertiary/aromatic N) is 2. The smallest absolute Gasteiger partial charge is 0.356 e. The molecule has 2 N–H and O–H groups in total. The second-order valence-electron chi connectivity index (χ2n) is 9.92. The molecule has 1 atom stereocenters. The molecule has 0 radical (unpaired) electrons. The molecule has 0 fully saturated rings. The molecule has 0 bridgehead atoms. The van der Waals surface area contributed by atoms with Gasteiger partial charge in [0.2, 0.25) is 5.91 Å². The van der Waals surface area contributed by atoms with Crippen molar-refractivity contribution in [3.63, 3.8) is 0 Å². The maximum Gasteiger partial charge on any atom is 0.356 e. The minimum Gasteiger partial charge on any atom is -0.497 e. The number of carbonyl (C=O) groups is 2. The van der Waals surface area contributed by atoms with E-state index in [0.717, 1.165) is 29.8 Å². The van der Waals surface area contributed by atoms with Gasteiger partial charge in [0.15, 0.2) is 5.69 Å². The number of hydrogen-bond acceptors (Lipinski definition) is 7. The van der Waals surface area contributed by atoms with Crippen LogP contribution in [0.15, 0.2) is 66.9 Å². The monoisotopic (exact) mass is 558 g/mol. The first-order valence-corrected chi connectivity index (χ1v) is 13.8. The summed E-state index contributed by atoms with van der Waals surface area (Å²) in [5.41, 5.74) is 4.28. The Bertz CT molecular complexity index is 1450. The molecule has 0 saturated heterocycles. The molecule has 0 aliphatic rings. The largest absolute Gasteiger partial charge is 0.497 e. The van der Waals surface area contributed by atoms with Crippen molar-refractivity contribution in [3.05, 3.63) is 83.7 Å². The van der Waals surface area contributed by atoms with Crippen molar-refractivity contribution in [2.24, 2.45) is 0 Å². The summed E-state index contributed by atoms with van der Waals surface area (Å²) in [4.78, 5) is 30.8. The Hall–Kier alpha value is -4.37. The Balaban J connectivity index is 1.58. The number of methoxy groups -OCH3 is 3.